The van der Waals surface area contributed by atoms with E-state index in [0.29, 0.717) is 17.3 Å². The SMILES string of the molecule is O=C(NC1CCCCCCC1C(=O)O)c1occc1Br. The van der Waals surface area contributed by atoms with Crippen LogP contribution in [0.25, 0.3) is 0 Å². The number of nitrogens with one attached hydrogen (secondary N) is 1. The molecule has 1 saturated carbocycles. The fourth-order valence-electron chi connectivity index (χ4n) is 2.64. The largest absolute Gasteiger partial charge is 0.481 e. The predicted octanol–water partition coefficient (Wildman–Crippen LogP) is 3.20. The van der Waals surface area contributed by atoms with Gasteiger partial charge in [0.2, 0.25) is 5.76 Å². The molecule has 1 aromatic heterocycles. The van der Waals surface area contributed by atoms with E-state index in [1.54, 1.807) is 6.07 Å². The maximum absolute atomic E-state index is 12.1. The molecule has 0 bridgehead atoms. The van der Waals surface area contributed by atoms with E-state index >= 15 is 0 Å². The summed E-state index contributed by atoms with van der Waals surface area (Å²) in [5, 5.41) is 12.2. The van der Waals surface area contributed by atoms with Crippen molar-refractivity contribution in [3.63, 3.8) is 0 Å². The molecule has 0 radical (unpaired) electrons. The lowest BCUT2D eigenvalue weighted by Gasteiger charge is -2.26. The first-order chi connectivity index (χ1) is 9.59. The number of carboxylic acid groups (broad SMARTS) is 1. The smallest absolute Gasteiger partial charge is 0.308 e. The molecule has 2 atom stereocenters. The zero-order valence-corrected chi connectivity index (χ0v) is 12.7. The Kier molecular flexibility index (Phi) is 5.23. The molecule has 1 fully saturated rings. The highest BCUT2D eigenvalue weighted by Crippen LogP contribution is 2.24. The Labute approximate surface area is 125 Å². The molecule has 0 aliphatic heterocycles. The highest BCUT2D eigenvalue weighted by atomic mass is 79.9. The van der Waals surface area contributed by atoms with Crippen LogP contribution in [0.5, 0.6) is 0 Å². The molecule has 2 unspecified atom stereocenters. The molecule has 1 aliphatic carbocycles. The summed E-state index contributed by atoms with van der Waals surface area (Å²) in [4.78, 5) is 23.5. The van der Waals surface area contributed by atoms with Gasteiger partial charge in [-0.3, -0.25) is 9.59 Å². The molecule has 1 heterocycles. The summed E-state index contributed by atoms with van der Waals surface area (Å²) < 4.78 is 5.69. The Balaban J connectivity index is 2.08. The van der Waals surface area contributed by atoms with Crippen molar-refractivity contribution in [2.75, 3.05) is 0 Å². The van der Waals surface area contributed by atoms with Gasteiger partial charge in [0, 0.05) is 6.04 Å². The van der Waals surface area contributed by atoms with E-state index in [9.17, 15) is 14.7 Å². The number of amides is 1. The van der Waals surface area contributed by atoms with Gasteiger partial charge in [0.15, 0.2) is 0 Å². The zero-order chi connectivity index (χ0) is 14.5. The standard InChI is InChI=1S/C14H18BrNO4/c15-10-7-8-20-12(10)13(17)16-11-6-4-2-1-3-5-9(11)14(18)19/h7-9,11H,1-6H2,(H,16,17)(H,18,19). The fourth-order valence-corrected chi connectivity index (χ4v) is 3.02. The Morgan fingerprint density at radius 2 is 1.95 bits per heavy atom. The summed E-state index contributed by atoms with van der Waals surface area (Å²) in [6, 6.07) is 1.30. The van der Waals surface area contributed by atoms with E-state index < -0.39 is 11.9 Å². The van der Waals surface area contributed by atoms with Crippen molar-refractivity contribution in [1.82, 2.24) is 5.32 Å². The van der Waals surface area contributed by atoms with Crippen LogP contribution < -0.4 is 5.32 Å². The van der Waals surface area contributed by atoms with Gasteiger partial charge >= 0.3 is 5.97 Å². The van der Waals surface area contributed by atoms with Gasteiger partial charge in [-0.25, -0.2) is 0 Å². The second-order valence-corrected chi connectivity index (χ2v) is 5.97. The molecule has 0 aromatic carbocycles. The molecule has 1 aromatic rings. The van der Waals surface area contributed by atoms with Gasteiger partial charge in [-0.1, -0.05) is 25.7 Å². The maximum atomic E-state index is 12.1. The van der Waals surface area contributed by atoms with E-state index in [2.05, 4.69) is 21.2 Å². The first-order valence-corrected chi connectivity index (χ1v) is 7.65. The van der Waals surface area contributed by atoms with Crippen molar-refractivity contribution in [2.24, 2.45) is 5.92 Å². The first-order valence-electron chi connectivity index (χ1n) is 6.86. The lowest BCUT2D eigenvalue weighted by molar-refractivity contribution is -0.143. The predicted molar refractivity (Wildman–Crippen MR) is 76.5 cm³/mol. The molecule has 0 saturated heterocycles. The quantitative estimate of drug-likeness (QED) is 0.883. The van der Waals surface area contributed by atoms with Gasteiger partial charge in [-0.05, 0) is 34.8 Å². The van der Waals surface area contributed by atoms with Gasteiger partial charge < -0.3 is 14.8 Å². The Morgan fingerprint density at radius 1 is 1.25 bits per heavy atom. The van der Waals surface area contributed by atoms with Gasteiger partial charge in [-0.2, -0.15) is 0 Å². The monoisotopic (exact) mass is 343 g/mol. The van der Waals surface area contributed by atoms with Crippen LogP contribution in [0.4, 0.5) is 0 Å². The topological polar surface area (TPSA) is 79.5 Å². The number of carboxylic acids is 1. The fraction of sp³-hybridized carbons (Fsp3) is 0.571. The number of carbonyl (C=O) groups excluding carboxylic acids is 1. The average molecular weight is 344 g/mol. The molecule has 6 heteroatoms. The number of rotatable bonds is 3. The van der Waals surface area contributed by atoms with E-state index in [0.717, 1.165) is 25.7 Å². The third-order valence-electron chi connectivity index (χ3n) is 3.72. The highest BCUT2D eigenvalue weighted by Gasteiger charge is 2.31. The number of furan rings is 1. The minimum atomic E-state index is -0.837. The molecule has 110 valence electrons. The second kappa shape index (κ2) is 6.92. The Hall–Kier alpha value is -1.30. The molecule has 20 heavy (non-hydrogen) atoms. The number of hydrogen-bond acceptors (Lipinski definition) is 3. The molecule has 1 amide bonds. The van der Waals surface area contributed by atoms with Gasteiger partial charge in [-0.15, -0.1) is 0 Å². The number of halogens is 1. The molecule has 2 rings (SSSR count). The molecule has 0 spiro atoms. The first kappa shape index (κ1) is 15.1. The molecular weight excluding hydrogens is 326 g/mol. The van der Waals surface area contributed by atoms with Crippen molar-refractivity contribution < 1.29 is 19.1 Å². The van der Waals surface area contributed by atoms with Crippen LogP contribution in [0, 0.1) is 5.92 Å². The number of aliphatic carboxylic acids is 1. The van der Waals surface area contributed by atoms with Crippen molar-refractivity contribution in [3.05, 3.63) is 22.6 Å². The highest BCUT2D eigenvalue weighted by molar-refractivity contribution is 9.10. The average Bonchev–Trinajstić information content (AvgIpc) is 2.78. The maximum Gasteiger partial charge on any atom is 0.308 e. The van der Waals surface area contributed by atoms with E-state index in [-0.39, 0.29) is 17.7 Å². The summed E-state index contributed by atoms with van der Waals surface area (Å²) >= 11 is 3.23. The van der Waals surface area contributed by atoms with Crippen LogP contribution in [-0.2, 0) is 4.79 Å². The summed E-state index contributed by atoms with van der Waals surface area (Å²) in [5.74, 6) is -1.53. The van der Waals surface area contributed by atoms with Crippen molar-refractivity contribution in [3.8, 4) is 0 Å². The molecule has 1 aliphatic rings. The summed E-state index contributed by atoms with van der Waals surface area (Å²) in [6.45, 7) is 0. The normalized spacial score (nSPS) is 23.6. The zero-order valence-electron chi connectivity index (χ0n) is 11.1. The van der Waals surface area contributed by atoms with E-state index in [4.69, 9.17) is 4.42 Å². The van der Waals surface area contributed by atoms with Crippen LogP contribution >= 0.6 is 15.9 Å². The van der Waals surface area contributed by atoms with Crippen molar-refractivity contribution in [1.29, 1.82) is 0 Å². The van der Waals surface area contributed by atoms with Crippen molar-refractivity contribution in [2.45, 2.75) is 44.6 Å². The lowest BCUT2D eigenvalue weighted by Crippen LogP contribution is -2.43. The minimum Gasteiger partial charge on any atom is -0.481 e. The molecule has 2 N–H and O–H groups in total. The van der Waals surface area contributed by atoms with Gasteiger partial charge in [0.1, 0.15) is 0 Å². The molecular formula is C14H18BrNO4. The Morgan fingerprint density at radius 3 is 2.55 bits per heavy atom. The number of carbonyl (C=O) groups is 2. The number of hydrogen-bond donors (Lipinski definition) is 2. The third-order valence-corrected chi connectivity index (χ3v) is 4.35. The summed E-state index contributed by atoms with van der Waals surface area (Å²) in [5.41, 5.74) is 0. The van der Waals surface area contributed by atoms with Crippen LogP contribution in [0.15, 0.2) is 21.2 Å². The second-order valence-electron chi connectivity index (χ2n) is 5.11. The van der Waals surface area contributed by atoms with E-state index in [1.807, 2.05) is 0 Å². The minimum absolute atomic E-state index is 0.191. The lowest BCUT2D eigenvalue weighted by atomic mass is 9.86. The van der Waals surface area contributed by atoms with Gasteiger partial charge in [0.05, 0.1) is 16.7 Å². The Bertz CT molecular complexity index is 485. The van der Waals surface area contributed by atoms with Gasteiger partial charge in [0.25, 0.3) is 5.91 Å². The van der Waals surface area contributed by atoms with Crippen LogP contribution in [0.2, 0.25) is 0 Å². The summed E-state index contributed by atoms with van der Waals surface area (Å²) in [7, 11) is 0. The van der Waals surface area contributed by atoms with E-state index in [1.165, 1.54) is 6.26 Å². The molecule has 5 nitrogen and oxygen atoms in total. The van der Waals surface area contributed by atoms with Crippen LogP contribution in [0.3, 0.4) is 0 Å². The third kappa shape index (κ3) is 3.62. The summed E-state index contributed by atoms with van der Waals surface area (Å²) in [6.07, 6.45) is 6.71. The van der Waals surface area contributed by atoms with Crippen LogP contribution in [-0.4, -0.2) is 23.0 Å². The van der Waals surface area contributed by atoms with Crippen LogP contribution in [0.1, 0.15) is 49.1 Å². The van der Waals surface area contributed by atoms with Crippen molar-refractivity contribution >= 4 is 27.8 Å².